The van der Waals surface area contributed by atoms with Gasteiger partial charge in [0, 0.05) is 0 Å². The van der Waals surface area contributed by atoms with Crippen molar-refractivity contribution in [2.75, 3.05) is 7.11 Å². The van der Waals surface area contributed by atoms with Crippen molar-refractivity contribution in [3.63, 3.8) is 0 Å². The van der Waals surface area contributed by atoms with Crippen LogP contribution in [0.4, 0.5) is 0 Å². The summed E-state index contributed by atoms with van der Waals surface area (Å²) in [5.41, 5.74) is 1.12. The molecular formula is C12H18O2. The Morgan fingerprint density at radius 1 is 1.36 bits per heavy atom. The molecule has 2 nitrogen and oxygen atoms in total. The molecule has 0 aliphatic rings. The van der Waals surface area contributed by atoms with Gasteiger partial charge in [0.15, 0.2) is 0 Å². The number of hydrogen-bond acceptors (Lipinski definition) is 2. The molecule has 0 fully saturated rings. The lowest BCUT2D eigenvalue weighted by atomic mass is 10.2. The highest BCUT2D eigenvalue weighted by molar-refractivity contribution is 5.39. The van der Waals surface area contributed by atoms with Crippen LogP contribution in [-0.4, -0.2) is 13.2 Å². The van der Waals surface area contributed by atoms with Gasteiger partial charge in [-0.3, -0.25) is 0 Å². The number of ether oxygens (including phenoxy) is 2. The Morgan fingerprint density at radius 3 is 2.57 bits per heavy atom. The molecule has 0 aliphatic heterocycles. The lowest BCUT2D eigenvalue weighted by molar-refractivity contribution is 0.215. The van der Waals surface area contributed by atoms with E-state index in [0.717, 1.165) is 23.5 Å². The molecule has 1 rings (SSSR count). The number of hydrogen-bond donors (Lipinski definition) is 0. The fraction of sp³-hybridized carbons (Fsp3) is 0.500. The Balaban J connectivity index is 2.78. The van der Waals surface area contributed by atoms with E-state index in [2.05, 4.69) is 13.8 Å². The van der Waals surface area contributed by atoms with Crippen LogP contribution in [0.25, 0.3) is 0 Å². The summed E-state index contributed by atoms with van der Waals surface area (Å²) in [6, 6.07) is 5.86. The third kappa shape index (κ3) is 2.66. The fourth-order valence-corrected chi connectivity index (χ4v) is 1.18. The molecule has 0 unspecified atom stereocenters. The van der Waals surface area contributed by atoms with Gasteiger partial charge in [0.05, 0.1) is 13.2 Å². The van der Waals surface area contributed by atoms with Crippen LogP contribution in [0.3, 0.4) is 0 Å². The summed E-state index contributed by atoms with van der Waals surface area (Å²) in [5.74, 6) is 1.82. The highest BCUT2D eigenvalue weighted by Crippen LogP contribution is 2.24. The maximum Gasteiger partial charge on any atom is 0.122 e. The molecule has 0 saturated heterocycles. The van der Waals surface area contributed by atoms with E-state index in [4.69, 9.17) is 9.47 Å². The monoisotopic (exact) mass is 194 g/mol. The van der Waals surface area contributed by atoms with E-state index in [1.807, 2.05) is 25.1 Å². The number of rotatable bonds is 4. The molecule has 1 aromatic carbocycles. The van der Waals surface area contributed by atoms with E-state index >= 15 is 0 Å². The normalized spacial score (nSPS) is 12.3. The summed E-state index contributed by atoms with van der Waals surface area (Å²) in [6.07, 6.45) is 1.29. The Morgan fingerprint density at radius 2 is 2.07 bits per heavy atom. The van der Waals surface area contributed by atoms with Gasteiger partial charge in [-0.2, -0.15) is 0 Å². The van der Waals surface area contributed by atoms with E-state index in [1.165, 1.54) is 0 Å². The quantitative estimate of drug-likeness (QED) is 0.733. The highest BCUT2D eigenvalue weighted by atomic mass is 16.5. The maximum atomic E-state index is 5.74. The maximum absolute atomic E-state index is 5.74. The van der Waals surface area contributed by atoms with Crippen molar-refractivity contribution in [2.24, 2.45) is 0 Å². The number of methoxy groups -OCH3 is 1. The summed E-state index contributed by atoms with van der Waals surface area (Å²) in [7, 11) is 1.67. The minimum Gasteiger partial charge on any atom is -0.497 e. The molecule has 0 aliphatic carbocycles. The summed E-state index contributed by atoms with van der Waals surface area (Å²) < 4.78 is 10.9. The van der Waals surface area contributed by atoms with Crippen LogP contribution in [0.5, 0.6) is 11.5 Å². The molecule has 0 radical (unpaired) electrons. The van der Waals surface area contributed by atoms with E-state index in [1.54, 1.807) is 7.11 Å². The lowest BCUT2D eigenvalue weighted by Crippen LogP contribution is -2.10. The van der Waals surface area contributed by atoms with Gasteiger partial charge < -0.3 is 9.47 Å². The Kier molecular flexibility index (Phi) is 3.81. The van der Waals surface area contributed by atoms with Crippen molar-refractivity contribution in [1.29, 1.82) is 0 Å². The van der Waals surface area contributed by atoms with Gasteiger partial charge in [-0.15, -0.1) is 0 Å². The van der Waals surface area contributed by atoms with E-state index in [0.29, 0.717) is 0 Å². The largest absolute Gasteiger partial charge is 0.497 e. The Labute approximate surface area is 85.8 Å². The van der Waals surface area contributed by atoms with Gasteiger partial charge in [-0.25, -0.2) is 0 Å². The lowest BCUT2D eigenvalue weighted by Gasteiger charge is -2.15. The fourth-order valence-electron chi connectivity index (χ4n) is 1.18. The van der Waals surface area contributed by atoms with Crippen LogP contribution >= 0.6 is 0 Å². The van der Waals surface area contributed by atoms with Gasteiger partial charge in [0.1, 0.15) is 11.5 Å². The standard InChI is InChI=1S/C12H18O2/c1-5-10(3)14-12-7-6-11(13-4)8-9(12)2/h6-8,10H,5H2,1-4H3/t10-/m1/s1. The van der Waals surface area contributed by atoms with Gasteiger partial charge in [0.2, 0.25) is 0 Å². The zero-order chi connectivity index (χ0) is 10.6. The zero-order valence-electron chi connectivity index (χ0n) is 9.33. The molecule has 14 heavy (non-hydrogen) atoms. The van der Waals surface area contributed by atoms with Crippen molar-refractivity contribution in [3.05, 3.63) is 23.8 Å². The van der Waals surface area contributed by atoms with Gasteiger partial charge in [-0.1, -0.05) is 6.92 Å². The molecule has 0 bridgehead atoms. The van der Waals surface area contributed by atoms with Crippen LogP contribution in [0.2, 0.25) is 0 Å². The van der Waals surface area contributed by atoms with Crippen molar-refractivity contribution < 1.29 is 9.47 Å². The molecule has 0 aromatic heterocycles. The molecular weight excluding hydrogens is 176 g/mol. The molecule has 2 heteroatoms. The third-order valence-corrected chi connectivity index (χ3v) is 2.29. The van der Waals surface area contributed by atoms with Crippen molar-refractivity contribution in [1.82, 2.24) is 0 Å². The first-order valence-electron chi connectivity index (χ1n) is 4.98. The summed E-state index contributed by atoms with van der Waals surface area (Å²) in [4.78, 5) is 0. The molecule has 1 aromatic rings. The van der Waals surface area contributed by atoms with Crippen LogP contribution in [0, 0.1) is 6.92 Å². The zero-order valence-corrected chi connectivity index (χ0v) is 9.33. The third-order valence-electron chi connectivity index (χ3n) is 2.29. The number of aryl methyl sites for hydroxylation is 1. The van der Waals surface area contributed by atoms with Gasteiger partial charge in [0.25, 0.3) is 0 Å². The second-order valence-electron chi connectivity index (χ2n) is 3.47. The predicted octanol–water partition coefficient (Wildman–Crippen LogP) is 3.18. The Bertz CT molecular complexity index is 294. The summed E-state index contributed by atoms with van der Waals surface area (Å²) in [6.45, 7) is 6.22. The first-order chi connectivity index (χ1) is 6.67. The average Bonchev–Trinajstić information content (AvgIpc) is 2.20. The SMILES string of the molecule is CC[C@@H](C)Oc1ccc(OC)cc1C. The van der Waals surface area contributed by atoms with Crippen LogP contribution < -0.4 is 9.47 Å². The molecule has 0 amide bonds. The van der Waals surface area contributed by atoms with Gasteiger partial charge in [-0.05, 0) is 44.0 Å². The van der Waals surface area contributed by atoms with Crippen LogP contribution in [-0.2, 0) is 0 Å². The van der Waals surface area contributed by atoms with E-state index < -0.39 is 0 Å². The Hall–Kier alpha value is -1.18. The minimum atomic E-state index is 0.266. The smallest absolute Gasteiger partial charge is 0.122 e. The van der Waals surface area contributed by atoms with Crippen molar-refractivity contribution in [2.45, 2.75) is 33.3 Å². The second-order valence-corrected chi connectivity index (χ2v) is 3.47. The average molecular weight is 194 g/mol. The molecule has 78 valence electrons. The summed E-state index contributed by atoms with van der Waals surface area (Å²) in [5, 5.41) is 0. The molecule has 0 N–H and O–H groups in total. The molecule has 0 saturated carbocycles. The van der Waals surface area contributed by atoms with Crippen molar-refractivity contribution in [3.8, 4) is 11.5 Å². The second kappa shape index (κ2) is 4.89. The molecule has 0 heterocycles. The predicted molar refractivity (Wildman–Crippen MR) is 58.1 cm³/mol. The van der Waals surface area contributed by atoms with E-state index in [9.17, 15) is 0 Å². The molecule has 1 atom stereocenters. The van der Waals surface area contributed by atoms with Crippen molar-refractivity contribution >= 4 is 0 Å². The highest BCUT2D eigenvalue weighted by Gasteiger charge is 2.04. The van der Waals surface area contributed by atoms with Gasteiger partial charge >= 0.3 is 0 Å². The topological polar surface area (TPSA) is 18.5 Å². The first kappa shape index (κ1) is 10.9. The summed E-state index contributed by atoms with van der Waals surface area (Å²) >= 11 is 0. The van der Waals surface area contributed by atoms with E-state index in [-0.39, 0.29) is 6.10 Å². The first-order valence-corrected chi connectivity index (χ1v) is 4.98. The number of benzene rings is 1. The van der Waals surface area contributed by atoms with Crippen LogP contribution in [0.15, 0.2) is 18.2 Å². The molecule has 0 spiro atoms. The minimum absolute atomic E-state index is 0.266. The van der Waals surface area contributed by atoms with Crippen LogP contribution in [0.1, 0.15) is 25.8 Å².